The van der Waals surface area contributed by atoms with E-state index in [9.17, 15) is 0 Å². The van der Waals surface area contributed by atoms with Crippen molar-refractivity contribution in [2.75, 3.05) is 0 Å². The van der Waals surface area contributed by atoms with Crippen molar-refractivity contribution in [3.8, 4) is 5.88 Å². The molecule has 46 valence electrons. The van der Waals surface area contributed by atoms with Gasteiger partial charge in [-0.25, -0.2) is 0 Å². The molecule has 3 nitrogen and oxygen atoms in total. The molecule has 0 radical (unpaired) electrons. The first kappa shape index (κ1) is 7.17. The van der Waals surface area contributed by atoms with Crippen LogP contribution < -0.4 is 0 Å². The van der Waals surface area contributed by atoms with Gasteiger partial charge >= 0.3 is 0 Å². The number of rotatable bonds is 0. The maximum absolute atomic E-state index is 8.47. The predicted octanol–water partition coefficient (Wildman–Crippen LogP) is 0.853. The first-order valence-electron chi connectivity index (χ1n) is 1.86. The lowest BCUT2D eigenvalue weighted by Crippen LogP contribution is -1.82. The molecular weight excluding hydrogens is 130 g/mol. The first-order chi connectivity index (χ1) is 3.30. The smallest absolute Gasteiger partial charge is 0.224 e. The summed E-state index contributed by atoms with van der Waals surface area (Å²) in [6.45, 7) is 0. The van der Waals surface area contributed by atoms with Crippen LogP contribution in [0, 0.1) is 0 Å². The van der Waals surface area contributed by atoms with Crippen molar-refractivity contribution in [1.29, 1.82) is 0 Å². The van der Waals surface area contributed by atoms with Gasteiger partial charge in [0.05, 0.1) is 0 Å². The van der Waals surface area contributed by atoms with Crippen molar-refractivity contribution >= 4 is 12.4 Å². The van der Waals surface area contributed by atoms with Crippen molar-refractivity contribution in [3.63, 3.8) is 0 Å². The SMILES string of the molecule is Cl.Oc1cccn1O. The number of nitrogens with zero attached hydrogens (tertiary/aromatic N) is 1. The minimum atomic E-state index is -0.139. The second kappa shape index (κ2) is 2.47. The maximum Gasteiger partial charge on any atom is 0.224 e. The molecular formula is C4H6ClNO2. The summed E-state index contributed by atoms with van der Waals surface area (Å²) in [6, 6.07) is 2.93. The van der Waals surface area contributed by atoms with E-state index in [2.05, 4.69) is 0 Å². The van der Waals surface area contributed by atoms with E-state index in [0.29, 0.717) is 4.73 Å². The Bertz CT molecular complexity index is 146. The Kier molecular flexibility index (Phi) is 2.21. The molecule has 1 aromatic heterocycles. The summed E-state index contributed by atoms with van der Waals surface area (Å²) in [6.07, 6.45) is 1.34. The van der Waals surface area contributed by atoms with E-state index in [-0.39, 0.29) is 18.3 Å². The molecule has 0 aliphatic carbocycles. The van der Waals surface area contributed by atoms with Crippen LogP contribution in [0.25, 0.3) is 0 Å². The van der Waals surface area contributed by atoms with Crippen molar-refractivity contribution < 1.29 is 10.3 Å². The van der Waals surface area contributed by atoms with E-state index in [0.717, 1.165) is 0 Å². The maximum atomic E-state index is 8.47. The van der Waals surface area contributed by atoms with Gasteiger partial charge in [0.2, 0.25) is 5.88 Å². The molecule has 1 rings (SSSR count). The molecule has 0 aromatic carbocycles. The Labute approximate surface area is 52.5 Å². The fourth-order valence-corrected chi connectivity index (χ4v) is 0.363. The number of hydrogen-bond acceptors (Lipinski definition) is 2. The molecule has 0 saturated carbocycles. The van der Waals surface area contributed by atoms with Crippen LogP contribution in [0.3, 0.4) is 0 Å². The molecule has 8 heavy (non-hydrogen) atoms. The van der Waals surface area contributed by atoms with Crippen LogP contribution in [0.4, 0.5) is 0 Å². The van der Waals surface area contributed by atoms with Crippen LogP contribution in [0.5, 0.6) is 5.88 Å². The van der Waals surface area contributed by atoms with Crippen molar-refractivity contribution in [1.82, 2.24) is 4.73 Å². The lowest BCUT2D eigenvalue weighted by atomic mass is 10.7. The third-order valence-corrected chi connectivity index (χ3v) is 0.707. The lowest BCUT2D eigenvalue weighted by Gasteiger charge is -1.87. The van der Waals surface area contributed by atoms with E-state index in [1.165, 1.54) is 18.3 Å². The minimum absolute atomic E-state index is 0. The van der Waals surface area contributed by atoms with Gasteiger partial charge in [0, 0.05) is 12.3 Å². The van der Waals surface area contributed by atoms with Crippen LogP contribution in [-0.4, -0.2) is 15.0 Å². The van der Waals surface area contributed by atoms with E-state index in [1.54, 1.807) is 0 Å². The molecule has 0 saturated heterocycles. The fourth-order valence-electron chi connectivity index (χ4n) is 0.363. The zero-order chi connectivity index (χ0) is 5.28. The zero-order valence-electron chi connectivity index (χ0n) is 3.98. The van der Waals surface area contributed by atoms with Crippen LogP contribution >= 0.6 is 12.4 Å². The molecule has 0 atom stereocenters. The minimum Gasteiger partial charge on any atom is -0.492 e. The molecule has 2 N–H and O–H groups in total. The summed E-state index contributed by atoms with van der Waals surface area (Å²) in [5.74, 6) is -0.139. The molecule has 0 bridgehead atoms. The summed E-state index contributed by atoms with van der Waals surface area (Å²) in [5.41, 5.74) is 0. The Hall–Kier alpha value is -0.830. The summed E-state index contributed by atoms with van der Waals surface area (Å²) in [4.78, 5) is 0. The van der Waals surface area contributed by atoms with Crippen molar-refractivity contribution in [2.45, 2.75) is 0 Å². The van der Waals surface area contributed by atoms with Crippen molar-refractivity contribution in [2.24, 2.45) is 0 Å². The highest BCUT2D eigenvalue weighted by molar-refractivity contribution is 5.85. The molecule has 0 unspecified atom stereocenters. The summed E-state index contributed by atoms with van der Waals surface area (Å²) < 4.78 is 0.639. The molecule has 0 aliphatic rings. The molecule has 0 fully saturated rings. The Balaban J connectivity index is 0.000000490. The second-order valence-corrected chi connectivity index (χ2v) is 1.21. The van der Waals surface area contributed by atoms with E-state index < -0.39 is 0 Å². The van der Waals surface area contributed by atoms with Gasteiger partial charge in [0.1, 0.15) is 0 Å². The van der Waals surface area contributed by atoms with E-state index in [1.807, 2.05) is 0 Å². The largest absolute Gasteiger partial charge is 0.492 e. The van der Waals surface area contributed by atoms with Gasteiger partial charge in [-0.3, -0.25) is 0 Å². The van der Waals surface area contributed by atoms with E-state index >= 15 is 0 Å². The monoisotopic (exact) mass is 135 g/mol. The molecule has 0 amide bonds. The van der Waals surface area contributed by atoms with Gasteiger partial charge in [0.15, 0.2) is 0 Å². The molecule has 0 spiro atoms. The van der Waals surface area contributed by atoms with Gasteiger partial charge < -0.3 is 10.3 Å². The van der Waals surface area contributed by atoms with Gasteiger partial charge in [-0.2, -0.15) is 4.73 Å². The lowest BCUT2D eigenvalue weighted by molar-refractivity contribution is 0.156. The number of halogens is 1. The Morgan fingerprint density at radius 3 is 2.25 bits per heavy atom. The Morgan fingerprint density at radius 1 is 1.50 bits per heavy atom. The van der Waals surface area contributed by atoms with Gasteiger partial charge in [-0.15, -0.1) is 12.4 Å². The summed E-state index contributed by atoms with van der Waals surface area (Å²) in [5, 5.41) is 16.9. The van der Waals surface area contributed by atoms with Crippen molar-refractivity contribution in [3.05, 3.63) is 18.3 Å². The highest BCUT2D eigenvalue weighted by atomic mass is 35.5. The van der Waals surface area contributed by atoms with Gasteiger partial charge in [0.25, 0.3) is 0 Å². The summed E-state index contributed by atoms with van der Waals surface area (Å²) in [7, 11) is 0. The predicted molar refractivity (Wildman–Crippen MR) is 30.5 cm³/mol. The molecule has 4 heteroatoms. The normalized spacial score (nSPS) is 8.00. The van der Waals surface area contributed by atoms with Crippen LogP contribution in [0.15, 0.2) is 18.3 Å². The number of aromatic nitrogens is 1. The first-order valence-corrected chi connectivity index (χ1v) is 1.86. The third kappa shape index (κ3) is 1.07. The fraction of sp³-hybridized carbons (Fsp3) is 0. The van der Waals surface area contributed by atoms with Crippen LogP contribution in [0.1, 0.15) is 0 Å². The average molecular weight is 136 g/mol. The highest BCUT2D eigenvalue weighted by Gasteiger charge is 1.88. The van der Waals surface area contributed by atoms with Crippen LogP contribution in [-0.2, 0) is 0 Å². The van der Waals surface area contributed by atoms with Gasteiger partial charge in [-0.1, -0.05) is 0 Å². The van der Waals surface area contributed by atoms with E-state index in [4.69, 9.17) is 10.3 Å². The quantitative estimate of drug-likeness (QED) is 0.518. The Morgan fingerprint density at radius 2 is 2.12 bits per heavy atom. The molecule has 0 aliphatic heterocycles. The topological polar surface area (TPSA) is 45.4 Å². The highest BCUT2D eigenvalue weighted by Crippen LogP contribution is 2.03. The second-order valence-electron chi connectivity index (χ2n) is 1.21. The number of hydrogen-bond donors (Lipinski definition) is 2. The standard InChI is InChI=1S/C4H5NO2.ClH/c6-4-2-1-3-5(4)7;/h1-3,6-7H;1H. The number of aromatic hydroxyl groups is 1. The van der Waals surface area contributed by atoms with Crippen LogP contribution in [0.2, 0.25) is 0 Å². The third-order valence-electron chi connectivity index (χ3n) is 0.707. The zero-order valence-corrected chi connectivity index (χ0v) is 4.80. The molecule has 1 heterocycles. The molecule has 1 aromatic rings. The summed E-state index contributed by atoms with van der Waals surface area (Å²) >= 11 is 0. The van der Waals surface area contributed by atoms with Gasteiger partial charge in [-0.05, 0) is 6.07 Å². The average Bonchev–Trinajstić information content (AvgIpc) is 1.91.